The lowest BCUT2D eigenvalue weighted by atomic mass is 10.2. The Morgan fingerprint density at radius 1 is 0.655 bits per heavy atom. The maximum absolute atomic E-state index is 5.83. The van der Waals surface area contributed by atoms with Crippen molar-refractivity contribution in [1.82, 2.24) is 0 Å². The minimum Gasteiger partial charge on any atom is -0.494 e. The number of ether oxygens (including phenoxy) is 1. The van der Waals surface area contributed by atoms with Gasteiger partial charge in [-0.2, -0.15) is 10.2 Å². The zero-order valence-electron chi connectivity index (χ0n) is 17.6. The summed E-state index contributed by atoms with van der Waals surface area (Å²) in [6.45, 7) is 3.05. The van der Waals surface area contributed by atoms with Gasteiger partial charge in [0.1, 0.15) is 5.75 Å². The minimum atomic E-state index is 0.782. The summed E-state index contributed by atoms with van der Waals surface area (Å²) in [7, 11) is 4.09. The zero-order valence-corrected chi connectivity index (χ0v) is 19.2. The molecule has 29 heavy (non-hydrogen) atoms. The Morgan fingerprint density at radius 2 is 1.24 bits per heavy atom. The number of nitrogens with zero attached hydrogens (tertiary/aromatic N) is 2. The second-order valence-corrected chi connectivity index (χ2v) is 9.70. The molecule has 0 N–H and O–H groups in total. The van der Waals surface area contributed by atoms with Gasteiger partial charge in [-0.1, -0.05) is 78.8 Å². The van der Waals surface area contributed by atoms with Gasteiger partial charge < -0.3 is 4.74 Å². The van der Waals surface area contributed by atoms with E-state index in [0.717, 1.165) is 30.2 Å². The van der Waals surface area contributed by atoms with Crippen LogP contribution in [0.1, 0.15) is 58.3 Å². The topological polar surface area (TPSA) is 34.0 Å². The molecule has 0 unspecified atom stereocenters. The highest BCUT2D eigenvalue weighted by Crippen LogP contribution is 2.25. The van der Waals surface area contributed by atoms with E-state index < -0.39 is 0 Å². The van der Waals surface area contributed by atoms with Gasteiger partial charge in [-0.05, 0) is 55.7 Å². The summed E-state index contributed by atoms with van der Waals surface area (Å²) in [6, 6.07) is 17.6. The van der Waals surface area contributed by atoms with Gasteiger partial charge in [0.25, 0.3) is 0 Å². The fourth-order valence-corrected chi connectivity index (χ4v) is 5.03. The molecule has 2 rings (SSSR count). The third-order valence-corrected chi connectivity index (χ3v) is 7.01. The van der Waals surface area contributed by atoms with Crippen molar-refractivity contribution in [3.63, 3.8) is 0 Å². The SMILES string of the molecule is CCCCCCSSCCCCCCOc1ccc(N=Nc2ccccc2)cc1. The van der Waals surface area contributed by atoms with Gasteiger partial charge in [-0.3, -0.25) is 0 Å². The third kappa shape index (κ3) is 12.0. The van der Waals surface area contributed by atoms with Crippen LogP contribution in [-0.2, 0) is 0 Å². The highest BCUT2D eigenvalue weighted by atomic mass is 33.1. The predicted octanol–water partition coefficient (Wildman–Crippen LogP) is 9.00. The average Bonchev–Trinajstić information content (AvgIpc) is 2.77. The van der Waals surface area contributed by atoms with E-state index in [1.165, 1.54) is 56.5 Å². The maximum atomic E-state index is 5.83. The van der Waals surface area contributed by atoms with E-state index >= 15 is 0 Å². The molecule has 5 heteroatoms. The Kier molecular flexibility index (Phi) is 13.4. The van der Waals surface area contributed by atoms with Gasteiger partial charge in [0, 0.05) is 11.5 Å². The molecule has 0 saturated heterocycles. The summed E-state index contributed by atoms with van der Waals surface area (Å²) in [5, 5.41) is 8.48. The van der Waals surface area contributed by atoms with Crippen molar-refractivity contribution in [2.75, 3.05) is 18.1 Å². The van der Waals surface area contributed by atoms with E-state index in [2.05, 4.69) is 27.9 Å². The maximum Gasteiger partial charge on any atom is 0.119 e. The molecule has 0 aliphatic carbocycles. The van der Waals surface area contributed by atoms with Crippen LogP contribution >= 0.6 is 21.6 Å². The lowest BCUT2D eigenvalue weighted by Crippen LogP contribution is -1.97. The van der Waals surface area contributed by atoms with Crippen molar-refractivity contribution in [3.05, 3.63) is 54.6 Å². The zero-order chi connectivity index (χ0) is 20.4. The molecule has 0 aromatic heterocycles. The normalized spacial score (nSPS) is 11.2. The summed E-state index contributed by atoms with van der Waals surface area (Å²) in [4.78, 5) is 0. The predicted molar refractivity (Wildman–Crippen MR) is 130 cm³/mol. The van der Waals surface area contributed by atoms with Gasteiger partial charge in [0.05, 0.1) is 18.0 Å². The van der Waals surface area contributed by atoms with Gasteiger partial charge >= 0.3 is 0 Å². The van der Waals surface area contributed by atoms with E-state index in [9.17, 15) is 0 Å². The first-order chi connectivity index (χ1) is 14.4. The quantitative estimate of drug-likeness (QED) is 0.151. The Morgan fingerprint density at radius 3 is 1.90 bits per heavy atom. The standard InChI is InChI=1S/C24H34N2OS2/c1-2-3-4-11-20-28-29-21-12-6-5-10-19-27-24-17-15-23(16-18-24)26-25-22-13-8-7-9-14-22/h7-9,13-18H,2-6,10-12,19-21H2,1H3. The number of rotatable bonds is 16. The van der Waals surface area contributed by atoms with Crippen LogP contribution in [0, 0.1) is 0 Å². The largest absolute Gasteiger partial charge is 0.494 e. The van der Waals surface area contributed by atoms with Crippen LogP contribution in [0.25, 0.3) is 0 Å². The van der Waals surface area contributed by atoms with Crippen LogP contribution in [0.4, 0.5) is 11.4 Å². The van der Waals surface area contributed by atoms with E-state index in [4.69, 9.17) is 4.74 Å². The fraction of sp³-hybridized carbons (Fsp3) is 0.500. The van der Waals surface area contributed by atoms with Crippen molar-refractivity contribution in [2.24, 2.45) is 10.2 Å². The van der Waals surface area contributed by atoms with Crippen LogP contribution in [0.15, 0.2) is 64.8 Å². The summed E-state index contributed by atoms with van der Waals surface area (Å²) >= 11 is 0. The summed E-state index contributed by atoms with van der Waals surface area (Å²) in [6.07, 6.45) is 10.4. The molecule has 0 amide bonds. The Labute approximate surface area is 184 Å². The number of azo groups is 1. The molecule has 158 valence electrons. The highest BCUT2D eigenvalue weighted by Gasteiger charge is 1.97. The molecule has 3 nitrogen and oxygen atoms in total. The van der Waals surface area contributed by atoms with E-state index in [1.807, 2.05) is 65.4 Å². The number of unbranched alkanes of at least 4 members (excludes halogenated alkanes) is 6. The monoisotopic (exact) mass is 430 g/mol. The smallest absolute Gasteiger partial charge is 0.119 e. The fourth-order valence-electron chi connectivity index (χ4n) is 2.73. The summed E-state index contributed by atoms with van der Waals surface area (Å²) < 4.78 is 5.83. The molecule has 0 aliphatic heterocycles. The first-order valence-corrected chi connectivity index (χ1v) is 13.3. The molecule has 0 heterocycles. The molecular formula is C24H34N2OS2. The average molecular weight is 431 g/mol. The third-order valence-electron chi connectivity index (χ3n) is 4.43. The van der Waals surface area contributed by atoms with Crippen LogP contribution in [0.2, 0.25) is 0 Å². The minimum absolute atomic E-state index is 0.782. The second-order valence-electron chi connectivity index (χ2n) is 7.00. The van der Waals surface area contributed by atoms with Gasteiger partial charge in [-0.25, -0.2) is 0 Å². The van der Waals surface area contributed by atoms with Crippen molar-refractivity contribution in [1.29, 1.82) is 0 Å². The van der Waals surface area contributed by atoms with Crippen molar-refractivity contribution in [2.45, 2.75) is 58.3 Å². The van der Waals surface area contributed by atoms with Gasteiger partial charge in [-0.15, -0.1) is 0 Å². The number of hydrogen-bond donors (Lipinski definition) is 0. The van der Waals surface area contributed by atoms with E-state index in [0.29, 0.717) is 0 Å². The van der Waals surface area contributed by atoms with Crippen LogP contribution < -0.4 is 4.74 Å². The number of hydrogen-bond acceptors (Lipinski definition) is 5. The Hall–Kier alpha value is -1.46. The lowest BCUT2D eigenvalue weighted by molar-refractivity contribution is 0.305. The Balaban J connectivity index is 1.46. The molecule has 0 bridgehead atoms. The molecule has 2 aromatic carbocycles. The van der Waals surface area contributed by atoms with Crippen LogP contribution in [0.3, 0.4) is 0 Å². The molecule has 0 atom stereocenters. The second kappa shape index (κ2) is 16.3. The van der Waals surface area contributed by atoms with E-state index in [1.54, 1.807) is 0 Å². The lowest BCUT2D eigenvalue weighted by Gasteiger charge is -2.06. The Bertz CT molecular complexity index is 662. The van der Waals surface area contributed by atoms with Crippen molar-refractivity contribution >= 4 is 33.0 Å². The first-order valence-electron chi connectivity index (χ1n) is 10.8. The summed E-state index contributed by atoms with van der Waals surface area (Å²) in [5.41, 5.74) is 1.69. The van der Waals surface area contributed by atoms with Gasteiger partial charge in [0.15, 0.2) is 0 Å². The molecular weight excluding hydrogens is 396 g/mol. The summed E-state index contributed by atoms with van der Waals surface area (Å²) in [5.74, 6) is 3.49. The number of benzene rings is 2. The van der Waals surface area contributed by atoms with Gasteiger partial charge in [0.2, 0.25) is 0 Å². The highest BCUT2D eigenvalue weighted by molar-refractivity contribution is 8.76. The van der Waals surface area contributed by atoms with Crippen LogP contribution in [0.5, 0.6) is 5.75 Å². The van der Waals surface area contributed by atoms with Crippen molar-refractivity contribution < 1.29 is 4.74 Å². The molecule has 0 aliphatic rings. The first kappa shape index (κ1) is 23.8. The molecule has 0 radical (unpaired) electrons. The molecule has 0 saturated carbocycles. The molecule has 0 spiro atoms. The van der Waals surface area contributed by atoms with Crippen LogP contribution in [-0.4, -0.2) is 18.1 Å². The molecule has 2 aromatic rings. The molecule has 0 fully saturated rings. The van der Waals surface area contributed by atoms with E-state index in [-0.39, 0.29) is 0 Å². The van der Waals surface area contributed by atoms with Crippen molar-refractivity contribution in [3.8, 4) is 5.75 Å².